The number of rotatable bonds is 4. The third-order valence-corrected chi connectivity index (χ3v) is 5.91. The van der Waals surface area contributed by atoms with Crippen molar-refractivity contribution in [1.29, 1.82) is 0 Å². The molecule has 0 saturated carbocycles. The summed E-state index contributed by atoms with van der Waals surface area (Å²) in [5.74, 6) is 0.268. The van der Waals surface area contributed by atoms with Gasteiger partial charge in [0.2, 0.25) is 0 Å². The van der Waals surface area contributed by atoms with Gasteiger partial charge >= 0.3 is 10.4 Å². The van der Waals surface area contributed by atoms with Crippen LogP contribution >= 0.6 is 0 Å². The van der Waals surface area contributed by atoms with E-state index in [1.54, 1.807) is 13.2 Å². The van der Waals surface area contributed by atoms with Crippen molar-refractivity contribution < 1.29 is 26.6 Å². The van der Waals surface area contributed by atoms with Gasteiger partial charge in [0, 0.05) is 26.6 Å². The van der Waals surface area contributed by atoms with Crippen LogP contribution in [-0.4, -0.2) is 51.3 Å². The zero-order valence-corrected chi connectivity index (χ0v) is 15.5. The summed E-state index contributed by atoms with van der Waals surface area (Å²) in [7, 11) is -1.48. The van der Waals surface area contributed by atoms with Gasteiger partial charge in [-0.05, 0) is 35.3 Å². The second-order valence-electron chi connectivity index (χ2n) is 6.72. The van der Waals surface area contributed by atoms with Crippen LogP contribution in [0.3, 0.4) is 0 Å². The molecule has 0 bridgehead atoms. The molecule has 3 aliphatic rings. The lowest BCUT2D eigenvalue weighted by atomic mass is 9.71. The van der Waals surface area contributed by atoms with Crippen LogP contribution in [-0.2, 0) is 27.1 Å². The van der Waals surface area contributed by atoms with Gasteiger partial charge in [0.15, 0.2) is 11.5 Å². The van der Waals surface area contributed by atoms with Crippen molar-refractivity contribution in [2.75, 3.05) is 27.3 Å². The normalized spacial score (nSPS) is 27.3. The van der Waals surface area contributed by atoms with Crippen molar-refractivity contribution in [2.45, 2.75) is 24.5 Å². The molecule has 1 aromatic rings. The number of methoxy groups -OCH3 is 2. The first kappa shape index (κ1) is 17.5. The molecule has 0 fully saturated rings. The summed E-state index contributed by atoms with van der Waals surface area (Å²) in [6, 6.07) is 3.48. The highest BCUT2D eigenvalue weighted by Gasteiger charge is 2.50. The fraction of sp³-hybridized carbons (Fsp3) is 0.444. The van der Waals surface area contributed by atoms with Crippen LogP contribution in [0.25, 0.3) is 0 Å². The Hall–Kier alpha value is -1.87. The standard InChI is InChI=1S/C18H21NO6S/c1-23-14-4-3-13-6-8-19-7-5-12-9-17(25-26(20,21)22)16(24-2)10-15(12)18(13,19)11-14/h3-4,6,9-10,14H,5,7-8,11H2,1-2H3,(H,20,21,22)/t14-,18+/m0/s1. The first-order chi connectivity index (χ1) is 12.4. The van der Waals surface area contributed by atoms with E-state index in [-0.39, 0.29) is 23.1 Å². The molecule has 4 rings (SSSR count). The van der Waals surface area contributed by atoms with E-state index < -0.39 is 10.4 Å². The van der Waals surface area contributed by atoms with E-state index in [1.807, 2.05) is 6.07 Å². The maximum absolute atomic E-state index is 11.2. The van der Waals surface area contributed by atoms with Crippen molar-refractivity contribution in [3.8, 4) is 11.5 Å². The van der Waals surface area contributed by atoms with Gasteiger partial charge in [-0.25, -0.2) is 0 Å². The average molecular weight is 379 g/mol. The summed E-state index contributed by atoms with van der Waals surface area (Å²) >= 11 is 0. The number of ether oxygens (including phenoxy) is 2. The first-order valence-electron chi connectivity index (χ1n) is 8.42. The molecule has 0 radical (unpaired) electrons. The number of fused-ring (bicyclic) bond motifs is 1. The lowest BCUT2D eigenvalue weighted by molar-refractivity contribution is 0.0513. The Morgan fingerprint density at radius 1 is 1.27 bits per heavy atom. The molecule has 1 N–H and O–H groups in total. The van der Waals surface area contributed by atoms with E-state index in [1.165, 1.54) is 12.7 Å². The third kappa shape index (κ3) is 2.64. The van der Waals surface area contributed by atoms with E-state index in [9.17, 15) is 8.42 Å². The van der Waals surface area contributed by atoms with Gasteiger partial charge in [-0.1, -0.05) is 18.2 Å². The molecule has 1 aliphatic carbocycles. The summed E-state index contributed by atoms with van der Waals surface area (Å²) in [6.45, 7) is 1.70. The smallest absolute Gasteiger partial charge is 0.446 e. The zero-order valence-electron chi connectivity index (χ0n) is 14.6. The van der Waals surface area contributed by atoms with Crippen molar-refractivity contribution in [3.63, 3.8) is 0 Å². The molecule has 2 atom stereocenters. The summed E-state index contributed by atoms with van der Waals surface area (Å²) in [6.07, 6.45) is 7.95. The van der Waals surface area contributed by atoms with Crippen molar-refractivity contribution in [1.82, 2.24) is 4.90 Å². The van der Waals surface area contributed by atoms with E-state index >= 15 is 0 Å². The molecule has 1 aromatic carbocycles. The SMILES string of the molecule is COc1cc2c(cc1OS(=O)(=O)O)CCN1CC=C3C=C[C@H](OC)C[C@@]321. The van der Waals surface area contributed by atoms with Crippen molar-refractivity contribution in [3.05, 3.63) is 47.1 Å². The quantitative estimate of drug-likeness (QED) is 0.799. The molecule has 0 unspecified atom stereocenters. The van der Waals surface area contributed by atoms with Crippen LogP contribution in [0, 0.1) is 0 Å². The van der Waals surface area contributed by atoms with Crippen LogP contribution in [0.4, 0.5) is 0 Å². The van der Waals surface area contributed by atoms with Gasteiger partial charge in [-0.3, -0.25) is 9.45 Å². The van der Waals surface area contributed by atoms with Gasteiger partial charge < -0.3 is 13.7 Å². The molecule has 26 heavy (non-hydrogen) atoms. The molecule has 2 aliphatic heterocycles. The monoisotopic (exact) mass is 379 g/mol. The predicted molar refractivity (Wildman–Crippen MR) is 94.8 cm³/mol. The largest absolute Gasteiger partial charge is 0.493 e. The number of hydrogen-bond acceptors (Lipinski definition) is 6. The highest BCUT2D eigenvalue weighted by atomic mass is 32.3. The molecule has 1 spiro atoms. The summed E-state index contributed by atoms with van der Waals surface area (Å²) < 4.78 is 47.0. The van der Waals surface area contributed by atoms with E-state index in [0.29, 0.717) is 0 Å². The summed E-state index contributed by atoms with van der Waals surface area (Å²) in [4.78, 5) is 2.42. The topological polar surface area (TPSA) is 85.3 Å². The molecule has 0 saturated heterocycles. The highest BCUT2D eigenvalue weighted by molar-refractivity contribution is 7.81. The van der Waals surface area contributed by atoms with Gasteiger partial charge in [0.25, 0.3) is 0 Å². The van der Waals surface area contributed by atoms with Gasteiger partial charge in [-0.15, -0.1) is 0 Å². The van der Waals surface area contributed by atoms with Crippen LogP contribution in [0.1, 0.15) is 17.5 Å². The number of nitrogens with zero attached hydrogens (tertiary/aromatic N) is 1. The molecule has 7 nitrogen and oxygen atoms in total. The highest BCUT2D eigenvalue weighted by Crippen LogP contribution is 2.52. The van der Waals surface area contributed by atoms with Crippen molar-refractivity contribution in [2.24, 2.45) is 0 Å². The Kier molecular flexibility index (Phi) is 4.11. The fourth-order valence-electron chi connectivity index (χ4n) is 4.41. The minimum atomic E-state index is -4.62. The maximum atomic E-state index is 11.2. The van der Waals surface area contributed by atoms with Gasteiger partial charge in [-0.2, -0.15) is 8.42 Å². The van der Waals surface area contributed by atoms with Crippen LogP contribution < -0.4 is 8.92 Å². The number of hydrogen-bond donors (Lipinski definition) is 1. The van der Waals surface area contributed by atoms with Gasteiger partial charge in [0.05, 0.1) is 18.8 Å². The number of benzene rings is 1. The van der Waals surface area contributed by atoms with E-state index in [2.05, 4.69) is 23.1 Å². The lowest BCUT2D eigenvalue weighted by Crippen LogP contribution is -2.51. The Bertz CT molecular complexity index is 907. The molecule has 0 aromatic heterocycles. The molecule has 140 valence electrons. The van der Waals surface area contributed by atoms with Crippen LogP contribution in [0.15, 0.2) is 35.9 Å². The Morgan fingerprint density at radius 2 is 2.08 bits per heavy atom. The molecule has 8 heteroatoms. The average Bonchev–Trinajstić information content (AvgIpc) is 2.98. The maximum Gasteiger partial charge on any atom is 0.446 e. The Balaban J connectivity index is 1.87. The summed E-state index contributed by atoms with van der Waals surface area (Å²) in [5, 5.41) is 0. The summed E-state index contributed by atoms with van der Waals surface area (Å²) in [5.41, 5.74) is 2.96. The van der Waals surface area contributed by atoms with Crippen LogP contribution in [0.5, 0.6) is 11.5 Å². The van der Waals surface area contributed by atoms with E-state index in [4.69, 9.17) is 18.2 Å². The lowest BCUT2D eigenvalue weighted by Gasteiger charge is -2.48. The van der Waals surface area contributed by atoms with Gasteiger partial charge in [0.1, 0.15) is 0 Å². The zero-order chi connectivity index (χ0) is 18.5. The first-order valence-corrected chi connectivity index (χ1v) is 9.79. The van der Waals surface area contributed by atoms with Crippen molar-refractivity contribution >= 4 is 10.4 Å². The minimum Gasteiger partial charge on any atom is -0.493 e. The molecule has 2 heterocycles. The minimum absolute atomic E-state index is 0.00144. The molecular formula is C18H21NO6S. The third-order valence-electron chi connectivity index (χ3n) is 5.52. The molecule has 0 amide bonds. The fourth-order valence-corrected chi connectivity index (χ4v) is 4.76. The predicted octanol–water partition coefficient (Wildman–Crippen LogP) is 1.85. The Morgan fingerprint density at radius 3 is 2.77 bits per heavy atom. The van der Waals surface area contributed by atoms with E-state index in [0.717, 1.165) is 37.1 Å². The second-order valence-corrected chi connectivity index (χ2v) is 7.75. The molecular weight excluding hydrogens is 358 g/mol. The Labute approximate surface area is 152 Å². The second kappa shape index (κ2) is 6.09. The van der Waals surface area contributed by atoms with Crippen LogP contribution in [0.2, 0.25) is 0 Å².